The number of hydrogen-bond donors (Lipinski definition) is 2. The van der Waals surface area contributed by atoms with Crippen LogP contribution in [0.25, 0.3) is 22.1 Å². The van der Waals surface area contributed by atoms with Crippen LogP contribution in [0.4, 0.5) is 0 Å². The Morgan fingerprint density at radius 3 is 3.04 bits per heavy atom. The lowest BCUT2D eigenvalue weighted by molar-refractivity contribution is 0.0514. The zero-order valence-electron chi connectivity index (χ0n) is 14.2. The van der Waals surface area contributed by atoms with Gasteiger partial charge in [0.05, 0.1) is 18.3 Å². The fourth-order valence-corrected chi connectivity index (χ4v) is 3.89. The molecule has 1 fully saturated rings. The molecule has 2 N–H and O–H groups in total. The molecular formula is C18H25N5O. The Morgan fingerprint density at radius 2 is 2.21 bits per heavy atom. The molecule has 24 heavy (non-hydrogen) atoms. The number of imidazole rings is 1. The molecule has 0 amide bonds. The van der Waals surface area contributed by atoms with Gasteiger partial charge >= 0.3 is 0 Å². The smallest absolute Gasteiger partial charge is 0.139 e. The first-order valence-corrected chi connectivity index (χ1v) is 9.06. The number of pyridine rings is 1. The Kier molecular flexibility index (Phi) is 4.49. The number of rotatable bonds is 6. The second-order valence-electron chi connectivity index (χ2n) is 6.50. The Labute approximate surface area is 141 Å². The number of nitrogens with zero attached hydrogens (tertiary/aromatic N) is 3. The van der Waals surface area contributed by atoms with Gasteiger partial charge in [-0.3, -0.25) is 0 Å². The number of hydrogen-bond acceptors (Lipinski definition) is 4. The Hall–Kier alpha value is -1.92. The van der Waals surface area contributed by atoms with Crippen LogP contribution in [0.2, 0.25) is 0 Å². The van der Waals surface area contributed by atoms with E-state index in [-0.39, 0.29) is 0 Å². The van der Waals surface area contributed by atoms with E-state index in [0.29, 0.717) is 12.6 Å². The maximum atomic E-state index is 5.27. The summed E-state index contributed by atoms with van der Waals surface area (Å²) in [5.74, 6) is 1.14. The van der Waals surface area contributed by atoms with E-state index in [2.05, 4.69) is 26.1 Å². The molecule has 3 aromatic rings. The van der Waals surface area contributed by atoms with Crippen molar-refractivity contribution in [1.82, 2.24) is 25.0 Å². The lowest BCUT2D eigenvalue weighted by atomic mass is 9.95. The van der Waals surface area contributed by atoms with Crippen molar-refractivity contribution in [2.75, 3.05) is 13.2 Å². The molecule has 6 heteroatoms. The van der Waals surface area contributed by atoms with Crippen molar-refractivity contribution >= 4 is 22.1 Å². The number of fused-ring (bicyclic) bond motifs is 3. The minimum atomic E-state index is 0.548. The van der Waals surface area contributed by atoms with Crippen LogP contribution < -0.4 is 5.48 Å². The number of aromatic nitrogens is 4. The zero-order valence-corrected chi connectivity index (χ0v) is 14.2. The largest absolute Gasteiger partial charge is 0.346 e. The first kappa shape index (κ1) is 15.6. The van der Waals surface area contributed by atoms with Crippen molar-refractivity contribution in [1.29, 1.82) is 0 Å². The normalized spacial score (nSPS) is 16.4. The van der Waals surface area contributed by atoms with Crippen LogP contribution in [0.1, 0.15) is 50.9 Å². The number of hydroxylamine groups is 1. The molecule has 0 atom stereocenters. The van der Waals surface area contributed by atoms with E-state index >= 15 is 0 Å². The first-order valence-electron chi connectivity index (χ1n) is 9.06. The minimum absolute atomic E-state index is 0.548. The van der Waals surface area contributed by atoms with Crippen molar-refractivity contribution in [3.05, 3.63) is 24.3 Å². The Bertz CT molecular complexity index is 815. The summed E-state index contributed by atoms with van der Waals surface area (Å²) in [6, 6.07) is 2.67. The molecule has 3 aromatic heterocycles. The van der Waals surface area contributed by atoms with Gasteiger partial charge in [0.25, 0.3) is 0 Å². The van der Waals surface area contributed by atoms with Gasteiger partial charge < -0.3 is 14.4 Å². The molecule has 0 saturated heterocycles. The van der Waals surface area contributed by atoms with E-state index in [1.165, 1.54) is 43.0 Å². The third kappa shape index (κ3) is 2.80. The van der Waals surface area contributed by atoms with Crippen molar-refractivity contribution in [3.63, 3.8) is 0 Å². The fraction of sp³-hybridized carbons (Fsp3) is 0.556. The molecule has 3 heterocycles. The molecule has 6 nitrogen and oxygen atoms in total. The minimum Gasteiger partial charge on any atom is -0.346 e. The van der Waals surface area contributed by atoms with E-state index in [0.717, 1.165) is 30.0 Å². The summed E-state index contributed by atoms with van der Waals surface area (Å²) in [7, 11) is 0. The third-order valence-electron chi connectivity index (χ3n) is 4.94. The molecule has 0 bridgehead atoms. The van der Waals surface area contributed by atoms with Gasteiger partial charge in [-0.2, -0.15) is 0 Å². The van der Waals surface area contributed by atoms with E-state index in [1.807, 2.05) is 19.3 Å². The number of aromatic amines is 1. The second-order valence-corrected chi connectivity index (χ2v) is 6.50. The van der Waals surface area contributed by atoms with E-state index in [9.17, 15) is 0 Å². The van der Waals surface area contributed by atoms with Crippen molar-refractivity contribution in [2.45, 2.75) is 51.5 Å². The monoisotopic (exact) mass is 327 g/mol. The fourth-order valence-electron chi connectivity index (χ4n) is 3.89. The highest BCUT2D eigenvalue weighted by molar-refractivity contribution is 6.01. The zero-order chi connectivity index (χ0) is 16.4. The maximum absolute atomic E-state index is 5.27. The molecule has 0 aliphatic heterocycles. The molecule has 0 radical (unpaired) electrons. The van der Waals surface area contributed by atoms with E-state index in [4.69, 9.17) is 9.82 Å². The van der Waals surface area contributed by atoms with Gasteiger partial charge in [0, 0.05) is 30.6 Å². The average molecular weight is 327 g/mol. The van der Waals surface area contributed by atoms with Crippen molar-refractivity contribution in [3.8, 4) is 0 Å². The lowest BCUT2D eigenvalue weighted by Gasteiger charge is -2.26. The molecule has 1 aliphatic carbocycles. The number of nitrogens with one attached hydrogen (secondary N) is 2. The van der Waals surface area contributed by atoms with Gasteiger partial charge in [0.2, 0.25) is 0 Å². The van der Waals surface area contributed by atoms with E-state index in [1.54, 1.807) is 0 Å². The highest BCUT2D eigenvalue weighted by Gasteiger charge is 2.23. The molecule has 1 saturated carbocycles. The SMILES string of the molecule is CCONCCc1nc2cnc3[nH]ccc3c2n1C1CCCCC1. The van der Waals surface area contributed by atoms with Crippen LogP contribution in [0.15, 0.2) is 18.5 Å². The topological polar surface area (TPSA) is 67.8 Å². The van der Waals surface area contributed by atoms with Crippen LogP contribution in [0.5, 0.6) is 0 Å². The van der Waals surface area contributed by atoms with Crippen LogP contribution in [-0.4, -0.2) is 32.7 Å². The summed E-state index contributed by atoms with van der Waals surface area (Å²) >= 11 is 0. The average Bonchev–Trinajstić information content (AvgIpc) is 3.23. The van der Waals surface area contributed by atoms with Gasteiger partial charge in [0.15, 0.2) is 0 Å². The van der Waals surface area contributed by atoms with Crippen LogP contribution in [0.3, 0.4) is 0 Å². The van der Waals surface area contributed by atoms with E-state index < -0.39 is 0 Å². The standard InChI is InChI=1S/C18H25N5O/c1-2-24-21-11-9-16-22-15-12-20-18-14(8-10-19-18)17(15)23(16)13-6-4-3-5-7-13/h8,10,12-13,21H,2-7,9,11H2,1H3,(H,19,20). The highest BCUT2D eigenvalue weighted by Crippen LogP contribution is 2.34. The summed E-state index contributed by atoms with van der Waals surface area (Å²) in [5, 5.41) is 1.18. The van der Waals surface area contributed by atoms with Crippen molar-refractivity contribution < 1.29 is 4.84 Å². The van der Waals surface area contributed by atoms with Gasteiger partial charge in [-0.05, 0) is 25.8 Å². The second kappa shape index (κ2) is 6.91. The molecule has 0 spiro atoms. The van der Waals surface area contributed by atoms with Crippen LogP contribution in [-0.2, 0) is 11.3 Å². The quantitative estimate of drug-likeness (QED) is 0.537. The molecule has 1 aliphatic rings. The van der Waals surface area contributed by atoms with Crippen LogP contribution >= 0.6 is 0 Å². The summed E-state index contributed by atoms with van der Waals surface area (Å²) in [6.45, 7) is 3.43. The predicted octanol–water partition coefficient (Wildman–Crippen LogP) is 3.50. The van der Waals surface area contributed by atoms with Gasteiger partial charge in [-0.25, -0.2) is 15.4 Å². The molecule has 0 unspecified atom stereocenters. The highest BCUT2D eigenvalue weighted by atomic mass is 16.6. The summed E-state index contributed by atoms with van der Waals surface area (Å²) in [4.78, 5) is 17.9. The predicted molar refractivity (Wildman–Crippen MR) is 94.8 cm³/mol. The summed E-state index contributed by atoms with van der Waals surface area (Å²) in [5.41, 5.74) is 6.19. The van der Waals surface area contributed by atoms with Gasteiger partial charge in [0.1, 0.15) is 17.0 Å². The third-order valence-corrected chi connectivity index (χ3v) is 4.94. The first-order chi connectivity index (χ1) is 11.9. The maximum Gasteiger partial charge on any atom is 0.139 e. The Morgan fingerprint density at radius 1 is 1.33 bits per heavy atom. The number of H-pyrrole nitrogens is 1. The Balaban J connectivity index is 1.77. The summed E-state index contributed by atoms with van der Waals surface area (Å²) in [6.07, 6.45) is 11.2. The summed E-state index contributed by atoms with van der Waals surface area (Å²) < 4.78 is 2.49. The molecule has 128 valence electrons. The lowest BCUT2D eigenvalue weighted by Crippen LogP contribution is -2.21. The van der Waals surface area contributed by atoms with Crippen LogP contribution in [0, 0.1) is 0 Å². The molecule has 4 rings (SSSR count). The van der Waals surface area contributed by atoms with Crippen molar-refractivity contribution in [2.24, 2.45) is 0 Å². The van der Waals surface area contributed by atoms with Gasteiger partial charge in [-0.1, -0.05) is 19.3 Å². The molecular weight excluding hydrogens is 302 g/mol. The molecule has 0 aromatic carbocycles. The van der Waals surface area contributed by atoms with Gasteiger partial charge in [-0.15, -0.1) is 0 Å².